The zero-order valence-electron chi connectivity index (χ0n) is 11.6. The van der Waals surface area contributed by atoms with Gasteiger partial charge in [0.1, 0.15) is 5.82 Å². The van der Waals surface area contributed by atoms with E-state index in [1.807, 2.05) is 12.1 Å². The molecule has 1 aromatic rings. The molecular formula is C16H24FNO. The smallest absolute Gasteiger partial charge is 0.123 e. The molecule has 106 valence electrons. The van der Waals surface area contributed by atoms with Crippen LogP contribution in [-0.2, 0) is 11.2 Å². The van der Waals surface area contributed by atoms with Crippen molar-refractivity contribution in [3.8, 4) is 0 Å². The van der Waals surface area contributed by atoms with Gasteiger partial charge in [0.15, 0.2) is 0 Å². The van der Waals surface area contributed by atoms with Gasteiger partial charge in [0.2, 0.25) is 0 Å². The van der Waals surface area contributed by atoms with Gasteiger partial charge in [-0.25, -0.2) is 4.39 Å². The topological polar surface area (TPSA) is 12.5 Å². The van der Waals surface area contributed by atoms with E-state index in [0.29, 0.717) is 0 Å². The lowest BCUT2D eigenvalue weighted by Gasteiger charge is -2.13. The highest BCUT2D eigenvalue weighted by molar-refractivity contribution is 5.15. The van der Waals surface area contributed by atoms with Crippen LogP contribution in [0.1, 0.15) is 31.2 Å². The van der Waals surface area contributed by atoms with E-state index in [1.54, 1.807) is 0 Å². The third kappa shape index (κ3) is 5.70. The molecule has 1 aliphatic rings. The number of hydrogen-bond donors (Lipinski definition) is 0. The van der Waals surface area contributed by atoms with Gasteiger partial charge in [0, 0.05) is 19.8 Å². The minimum atomic E-state index is -0.165. The summed E-state index contributed by atoms with van der Waals surface area (Å²) in [6, 6.07) is 6.74. The van der Waals surface area contributed by atoms with Crippen molar-refractivity contribution in [2.45, 2.75) is 32.1 Å². The lowest BCUT2D eigenvalue weighted by Crippen LogP contribution is -2.21. The van der Waals surface area contributed by atoms with Crippen LogP contribution in [0.2, 0.25) is 0 Å². The Labute approximate surface area is 115 Å². The summed E-state index contributed by atoms with van der Waals surface area (Å²) in [6.07, 6.45) is 5.83. The normalized spacial score (nSPS) is 16.1. The number of rotatable bonds is 8. The fourth-order valence-corrected chi connectivity index (χ4v) is 2.53. The molecule has 0 unspecified atom stereocenters. The monoisotopic (exact) mass is 265 g/mol. The van der Waals surface area contributed by atoms with Gasteiger partial charge in [-0.1, -0.05) is 12.1 Å². The zero-order chi connectivity index (χ0) is 13.3. The summed E-state index contributed by atoms with van der Waals surface area (Å²) >= 11 is 0. The van der Waals surface area contributed by atoms with Crippen molar-refractivity contribution in [1.82, 2.24) is 4.90 Å². The molecule has 0 spiro atoms. The van der Waals surface area contributed by atoms with E-state index in [4.69, 9.17) is 4.74 Å². The van der Waals surface area contributed by atoms with Crippen LogP contribution in [-0.4, -0.2) is 37.7 Å². The molecule has 0 aliphatic carbocycles. The molecule has 0 saturated carbocycles. The van der Waals surface area contributed by atoms with Crippen molar-refractivity contribution in [2.75, 3.05) is 32.8 Å². The molecule has 0 aromatic heterocycles. The number of halogens is 1. The summed E-state index contributed by atoms with van der Waals surface area (Å²) in [5.41, 5.74) is 1.18. The van der Waals surface area contributed by atoms with Crippen molar-refractivity contribution in [3.05, 3.63) is 35.6 Å². The predicted molar refractivity (Wildman–Crippen MR) is 75.8 cm³/mol. The molecule has 2 rings (SSSR count). The summed E-state index contributed by atoms with van der Waals surface area (Å²) in [5.74, 6) is -0.165. The van der Waals surface area contributed by atoms with E-state index in [0.717, 1.165) is 32.5 Å². The standard InChI is InChI=1S/C16H24FNO/c17-16-8-6-15(7-9-16)5-3-13-19-14-4-12-18-10-1-2-11-18/h6-9H,1-5,10-14H2. The Balaban J connectivity index is 1.44. The highest BCUT2D eigenvalue weighted by Gasteiger charge is 2.09. The Kier molecular flexibility index (Phi) is 6.31. The van der Waals surface area contributed by atoms with Crippen LogP contribution in [0.15, 0.2) is 24.3 Å². The van der Waals surface area contributed by atoms with E-state index in [-0.39, 0.29) is 5.82 Å². The van der Waals surface area contributed by atoms with Gasteiger partial charge in [-0.3, -0.25) is 0 Å². The van der Waals surface area contributed by atoms with Crippen molar-refractivity contribution >= 4 is 0 Å². The Morgan fingerprint density at radius 3 is 2.42 bits per heavy atom. The maximum atomic E-state index is 12.7. The third-order valence-corrected chi connectivity index (χ3v) is 3.63. The highest BCUT2D eigenvalue weighted by Crippen LogP contribution is 2.08. The summed E-state index contributed by atoms with van der Waals surface area (Å²) in [4.78, 5) is 2.52. The molecule has 1 heterocycles. The molecule has 1 saturated heterocycles. The molecule has 0 atom stereocenters. The number of hydrogen-bond acceptors (Lipinski definition) is 2. The van der Waals surface area contributed by atoms with Gasteiger partial charge >= 0.3 is 0 Å². The molecule has 0 radical (unpaired) electrons. The zero-order valence-corrected chi connectivity index (χ0v) is 11.6. The van der Waals surface area contributed by atoms with E-state index in [9.17, 15) is 4.39 Å². The second-order valence-electron chi connectivity index (χ2n) is 5.24. The van der Waals surface area contributed by atoms with Gasteiger partial charge in [0.05, 0.1) is 0 Å². The van der Waals surface area contributed by atoms with E-state index in [2.05, 4.69) is 4.90 Å². The van der Waals surface area contributed by atoms with Crippen LogP contribution < -0.4 is 0 Å². The number of likely N-dealkylation sites (tertiary alicyclic amines) is 1. The first kappa shape index (κ1) is 14.5. The van der Waals surface area contributed by atoms with Crippen LogP contribution in [0.3, 0.4) is 0 Å². The van der Waals surface area contributed by atoms with Crippen LogP contribution in [0, 0.1) is 5.82 Å². The number of aryl methyl sites for hydroxylation is 1. The summed E-state index contributed by atoms with van der Waals surface area (Å²) < 4.78 is 18.4. The molecule has 1 fully saturated rings. The van der Waals surface area contributed by atoms with Crippen molar-refractivity contribution < 1.29 is 9.13 Å². The van der Waals surface area contributed by atoms with Crippen molar-refractivity contribution in [1.29, 1.82) is 0 Å². The van der Waals surface area contributed by atoms with Gasteiger partial charge in [-0.2, -0.15) is 0 Å². The Morgan fingerprint density at radius 2 is 1.68 bits per heavy atom. The first-order chi connectivity index (χ1) is 9.34. The van der Waals surface area contributed by atoms with Gasteiger partial charge in [-0.05, 0) is 62.9 Å². The molecule has 0 N–H and O–H groups in total. The molecule has 19 heavy (non-hydrogen) atoms. The molecule has 0 amide bonds. The minimum absolute atomic E-state index is 0.165. The second kappa shape index (κ2) is 8.28. The average molecular weight is 265 g/mol. The van der Waals surface area contributed by atoms with Crippen LogP contribution in [0.5, 0.6) is 0 Å². The summed E-state index contributed by atoms with van der Waals surface area (Å²) in [5, 5.41) is 0. The van der Waals surface area contributed by atoms with E-state index in [1.165, 1.54) is 50.2 Å². The molecule has 3 heteroatoms. The quantitative estimate of drug-likeness (QED) is 0.669. The van der Waals surface area contributed by atoms with Crippen LogP contribution in [0.4, 0.5) is 4.39 Å². The fourth-order valence-electron chi connectivity index (χ4n) is 2.53. The number of benzene rings is 1. The SMILES string of the molecule is Fc1ccc(CCCOCCCN2CCCC2)cc1. The van der Waals surface area contributed by atoms with E-state index >= 15 is 0 Å². The molecule has 0 bridgehead atoms. The molecule has 1 aromatic carbocycles. The minimum Gasteiger partial charge on any atom is -0.381 e. The predicted octanol–water partition coefficient (Wildman–Crippen LogP) is 3.26. The maximum absolute atomic E-state index is 12.7. The Morgan fingerprint density at radius 1 is 1.00 bits per heavy atom. The van der Waals surface area contributed by atoms with Gasteiger partial charge < -0.3 is 9.64 Å². The van der Waals surface area contributed by atoms with E-state index < -0.39 is 0 Å². The summed E-state index contributed by atoms with van der Waals surface area (Å²) in [6.45, 7) is 5.38. The summed E-state index contributed by atoms with van der Waals surface area (Å²) in [7, 11) is 0. The number of nitrogens with zero attached hydrogens (tertiary/aromatic N) is 1. The highest BCUT2D eigenvalue weighted by atomic mass is 19.1. The maximum Gasteiger partial charge on any atom is 0.123 e. The second-order valence-corrected chi connectivity index (χ2v) is 5.24. The Hall–Kier alpha value is -0.930. The van der Waals surface area contributed by atoms with Crippen LogP contribution in [0.25, 0.3) is 0 Å². The molecule has 1 aliphatic heterocycles. The van der Waals surface area contributed by atoms with Crippen molar-refractivity contribution in [3.63, 3.8) is 0 Å². The molecule has 2 nitrogen and oxygen atoms in total. The largest absolute Gasteiger partial charge is 0.381 e. The van der Waals surface area contributed by atoms with Gasteiger partial charge in [-0.15, -0.1) is 0 Å². The van der Waals surface area contributed by atoms with Crippen LogP contribution >= 0.6 is 0 Å². The number of ether oxygens (including phenoxy) is 1. The Bertz CT molecular complexity index is 346. The first-order valence-corrected chi connectivity index (χ1v) is 7.39. The average Bonchev–Trinajstić information content (AvgIpc) is 2.93. The third-order valence-electron chi connectivity index (χ3n) is 3.63. The lowest BCUT2D eigenvalue weighted by atomic mass is 10.1. The molecular weight excluding hydrogens is 241 g/mol. The van der Waals surface area contributed by atoms with Gasteiger partial charge in [0.25, 0.3) is 0 Å². The fraction of sp³-hybridized carbons (Fsp3) is 0.625. The first-order valence-electron chi connectivity index (χ1n) is 7.39. The lowest BCUT2D eigenvalue weighted by molar-refractivity contribution is 0.121. The van der Waals surface area contributed by atoms with Crippen molar-refractivity contribution in [2.24, 2.45) is 0 Å².